The molecule has 2 saturated heterocycles. The van der Waals surface area contributed by atoms with Crippen LogP contribution in [0.25, 0.3) is 16.9 Å². The van der Waals surface area contributed by atoms with Gasteiger partial charge in [-0.05, 0) is 62.3 Å². The Morgan fingerprint density at radius 2 is 1.91 bits per heavy atom. The molecule has 7 nitrogen and oxygen atoms in total. The first-order chi connectivity index (χ1) is 16.6. The number of benzene rings is 1. The molecule has 0 bridgehead atoms. The Labute approximate surface area is 199 Å². The molecule has 2 aliphatic heterocycles. The van der Waals surface area contributed by atoms with Gasteiger partial charge in [-0.15, -0.1) is 5.10 Å². The van der Waals surface area contributed by atoms with Gasteiger partial charge in [0.1, 0.15) is 12.0 Å². The summed E-state index contributed by atoms with van der Waals surface area (Å²) in [6, 6.07) is 11.9. The van der Waals surface area contributed by atoms with Gasteiger partial charge in [0.2, 0.25) is 0 Å². The summed E-state index contributed by atoms with van der Waals surface area (Å²) in [6.07, 6.45) is 6.30. The highest BCUT2D eigenvalue weighted by Gasteiger charge is 2.33. The lowest BCUT2D eigenvalue weighted by atomic mass is 10.1. The molecule has 0 spiro atoms. The largest absolute Gasteiger partial charge is 0.368 e. The van der Waals surface area contributed by atoms with Crippen molar-refractivity contribution in [3.63, 3.8) is 0 Å². The molecule has 178 valence electrons. The summed E-state index contributed by atoms with van der Waals surface area (Å²) in [5.41, 5.74) is 3.36. The number of hydrogen-bond acceptors (Lipinski definition) is 5. The molecule has 4 heterocycles. The molecule has 2 aromatic heterocycles. The average Bonchev–Trinajstić information content (AvgIpc) is 3.21. The summed E-state index contributed by atoms with van der Waals surface area (Å²) < 4.78 is 15.4. The lowest BCUT2D eigenvalue weighted by molar-refractivity contribution is 0.0707. The zero-order chi connectivity index (χ0) is 23.1. The molecule has 1 aliphatic carbocycles. The summed E-state index contributed by atoms with van der Waals surface area (Å²) in [5.74, 6) is 1.69. The van der Waals surface area contributed by atoms with Gasteiger partial charge in [-0.2, -0.15) is 0 Å². The highest BCUT2D eigenvalue weighted by molar-refractivity contribution is 5.95. The van der Waals surface area contributed by atoms with Crippen molar-refractivity contribution < 1.29 is 9.18 Å². The van der Waals surface area contributed by atoms with Crippen molar-refractivity contribution in [3.05, 3.63) is 48.2 Å². The van der Waals surface area contributed by atoms with E-state index in [1.54, 1.807) is 0 Å². The SMILES string of the molecule is O=C(c1ccc(-c2cnc3ccc(NCC4CC4)nn23)cc1)N1CCC[C@@H]1CN1CC[C@@H](F)C1. The van der Waals surface area contributed by atoms with E-state index in [1.165, 1.54) is 12.8 Å². The summed E-state index contributed by atoms with van der Waals surface area (Å²) in [6.45, 7) is 3.79. The fourth-order valence-corrected chi connectivity index (χ4v) is 5.23. The second kappa shape index (κ2) is 8.98. The molecule has 1 aromatic carbocycles. The van der Waals surface area contributed by atoms with Crippen molar-refractivity contribution in [2.75, 3.05) is 38.0 Å². The number of amides is 1. The van der Waals surface area contributed by atoms with Gasteiger partial charge in [0, 0.05) is 49.9 Å². The first-order valence-electron chi connectivity index (χ1n) is 12.5. The van der Waals surface area contributed by atoms with E-state index in [0.717, 1.165) is 67.7 Å². The number of fused-ring (bicyclic) bond motifs is 1. The van der Waals surface area contributed by atoms with Crippen LogP contribution < -0.4 is 5.32 Å². The van der Waals surface area contributed by atoms with Crippen LogP contribution >= 0.6 is 0 Å². The van der Waals surface area contributed by atoms with Crippen molar-refractivity contribution in [3.8, 4) is 11.3 Å². The lowest BCUT2D eigenvalue weighted by Crippen LogP contribution is -2.42. The molecule has 2 atom stereocenters. The van der Waals surface area contributed by atoms with Gasteiger partial charge in [-0.3, -0.25) is 9.69 Å². The van der Waals surface area contributed by atoms with Crippen LogP contribution in [0.2, 0.25) is 0 Å². The van der Waals surface area contributed by atoms with Crippen LogP contribution in [0.4, 0.5) is 10.2 Å². The molecule has 1 saturated carbocycles. The molecular formula is C26H31FN6O. The Bertz CT molecular complexity index is 1170. The molecule has 3 aliphatic rings. The number of carbonyl (C=O) groups is 1. The third-order valence-electron chi connectivity index (χ3n) is 7.38. The molecule has 3 fully saturated rings. The fraction of sp³-hybridized carbons (Fsp3) is 0.500. The van der Waals surface area contributed by atoms with E-state index in [0.29, 0.717) is 18.5 Å². The van der Waals surface area contributed by atoms with Gasteiger partial charge >= 0.3 is 0 Å². The van der Waals surface area contributed by atoms with E-state index in [1.807, 2.05) is 52.0 Å². The fourth-order valence-electron chi connectivity index (χ4n) is 5.23. The number of likely N-dealkylation sites (tertiary alicyclic amines) is 2. The van der Waals surface area contributed by atoms with Crippen molar-refractivity contribution in [2.45, 2.75) is 44.3 Å². The first kappa shape index (κ1) is 21.5. The molecule has 1 amide bonds. The predicted molar refractivity (Wildman–Crippen MR) is 130 cm³/mol. The van der Waals surface area contributed by atoms with Crippen molar-refractivity contribution in [1.29, 1.82) is 0 Å². The quantitative estimate of drug-likeness (QED) is 0.578. The minimum atomic E-state index is -0.725. The van der Waals surface area contributed by atoms with Gasteiger partial charge in [0.05, 0.1) is 11.9 Å². The number of halogens is 1. The van der Waals surface area contributed by atoms with E-state index in [9.17, 15) is 9.18 Å². The van der Waals surface area contributed by atoms with E-state index < -0.39 is 6.17 Å². The van der Waals surface area contributed by atoms with Crippen molar-refractivity contribution in [2.24, 2.45) is 5.92 Å². The number of nitrogens with one attached hydrogen (secondary N) is 1. The van der Waals surface area contributed by atoms with Crippen LogP contribution in [-0.2, 0) is 0 Å². The van der Waals surface area contributed by atoms with Crippen LogP contribution in [-0.4, -0.2) is 75.2 Å². The Balaban J connectivity index is 1.17. The molecule has 6 rings (SSSR count). The molecule has 0 radical (unpaired) electrons. The van der Waals surface area contributed by atoms with Crippen LogP contribution in [0.5, 0.6) is 0 Å². The smallest absolute Gasteiger partial charge is 0.254 e. The number of aromatic nitrogens is 3. The summed E-state index contributed by atoms with van der Waals surface area (Å²) in [5, 5.41) is 8.15. The Morgan fingerprint density at radius 1 is 1.06 bits per heavy atom. The highest BCUT2D eigenvalue weighted by Crippen LogP contribution is 2.29. The number of carbonyl (C=O) groups excluding carboxylic acids is 1. The molecule has 0 unspecified atom stereocenters. The molecular weight excluding hydrogens is 431 g/mol. The van der Waals surface area contributed by atoms with E-state index in [2.05, 4.69) is 15.2 Å². The monoisotopic (exact) mass is 462 g/mol. The van der Waals surface area contributed by atoms with Gasteiger partial charge in [0.15, 0.2) is 5.65 Å². The van der Waals surface area contributed by atoms with Crippen molar-refractivity contribution >= 4 is 17.4 Å². The van der Waals surface area contributed by atoms with E-state index >= 15 is 0 Å². The normalized spacial score (nSPS) is 23.1. The summed E-state index contributed by atoms with van der Waals surface area (Å²) in [4.78, 5) is 21.9. The van der Waals surface area contributed by atoms with Crippen LogP contribution in [0, 0.1) is 5.92 Å². The van der Waals surface area contributed by atoms with Crippen LogP contribution in [0.1, 0.15) is 42.5 Å². The predicted octanol–water partition coefficient (Wildman–Crippen LogP) is 3.87. The minimum Gasteiger partial charge on any atom is -0.368 e. The molecule has 8 heteroatoms. The Hall–Kier alpha value is -3.00. The molecule has 3 aromatic rings. The number of rotatable bonds is 7. The lowest BCUT2D eigenvalue weighted by Gasteiger charge is -2.28. The van der Waals surface area contributed by atoms with Gasteiger partial charge in [0.25, 0.3) is 5.91 Å². The Kier molecular flexibility index (Phi) is 5.69. The number of imidazole rings is 1. The topological polar surface area (TPSA) is 65.8 Å². The van der Waals surface area contributed by atoms with E-state index in [4.69, 9.17) is 5.10 Å². The molecule has 1 N–H and O–H groups in total. The minimum absolute atomic E-state index is 0.0628. The van der Waals surface area contributed by atoms with Crippen LogP contribution in [0.15, 0.2) is 42.6 Å². The number of hydrogen-bond donors (Lipinski definition) is 1. The average molecular weight is 463 g/mol. The third kappa shape index (κ3) is 4.39. The first-order valence-corrected chi connectivity index (χ1v) is 12.5. The number of nitrogens with zero attached hydrogens (tertiary/aromatic N) is 5. The number of anilines is 1. The third-order valence-corrected chi connectivity index (χ3v) is 7.38. The van der Waals surface area contributed by atoms with Gasteiger partial charge < -0.3 is 10.2 Å². The van der Waals surface area contributed by atoms with Crippen LogP contribution in [0.3, 0.4) is 0 Å². The highest BCUT2D eigenvalue weighted by atomic mass is 19.1. The Morgan fingerprint density at radius 3 is 2.68 bits per heavy atom. The standard InChI is InChI=1S/C26H31FN6O/c27-21-11-13-31(16-21)17-22-2-1-12-32(22)26(34)20-7-5-19(6-8-20)23-15-29-25-10-9-24(30-33(23)25)28-14-18-3-4-18/h5-10,15,18,21-22H,1-4,11-14,16-17H2,(H,28,30)/t21-,22-/m1/s1. The second-order valence-electron chi connectivity index (χ2n) is 9.97. The molecule has 34 heavy (non-hydrogen) atoms. The summed E-state index contributed by atoms with van der Waals surface area (Å²) in [7, 11) is 0. The van der Waals surface area contributed by atoms with Gasteiger partial charge in [-0.25, -0.2) is 13.9 Å². The van der Waals surface area contributed by atoms with Gasteiger partial charge in [-0.1, -0.05) is 12.1 Å². The zero-order valence-electron chi connectivity index (χ0n) is 19.4. The van der Waals surface area contributed by atoms with E-state index in [-0.39, 0.29) is 11.9 Å². The number of alkyl halides is 1. The zero-order valence-corrected chi connectivity index (χ0v) is 19.4. The second-order valence-corrected chi connectivity index (χ2v) is 9.97. The maximum atomic E-state index is 13.6. The summed E-state index contributed by atoms with van der Waals surface area (Å²) >= 11 is 0. The maximum absolute atomic E-state index is 13.6. The maximum Gasteiger partial charge on any atom is 0.254 e. The van der Waals surface area contributed by atoms with Crippen molar-refractivity contribution in [1.82, 2.24) is 24.4 Å².